The van der Waals surface area contributed by atoms with Crippen LogP contribution in [0.15, 0.2) is 102 Å². The summed E-state index contributed by atoms with van der Waals surface area (Å²) in [6.07, 6.45) is 2.92. The Bertz CT molecular complexity index is 1980. The number of pyridine rings is 1. The van der Waals surface area contributed by atoms with E-state index >= 15 is 0 Å². The molecule has 0 unspecified atom stereocenters. The Morgan fingerprint density at radius 1 is 1.00 bits per heavy atom. The van der Waals surface area contributed by atoms with E-state index in [1.807, 2.05) is 26.2 Å². The highest BCUT2D eigenvalue weighted by Crippen LogP contribution is 2.34. The summed E-state index contributed by atoms with van der Waals surface area (Å²) in [6.45, 7) is 0.785. The van der Waals surface area contributed by atoms with Crippen molar-refractivity contribution in [1.82, 2.24) is 29.6 Å². The van der Waals surface area contributed by atoms with Crippen LogP contribution in [0, 0.1) is 5.82 Å². The number of nitrogens with one attached hydrogen (secondary N) is 2. The minimum atomic E-state index is -0.577. The van der Waals surface area contributed by atoms with Crippen molar-refractivity contribution in [2.45, 2.75) is 6.54 Å². The summed E-state index contributed by atoms with van der Waals surface area (Å²) in [4.78, 5) is 36.7. The number of hydrogen-bond acceptors (Lipinski definition) is 7. The maximum absolute atomic E-state index is 13.3. The molecular weight excluding hydrogens is 549 g/mol. The molecule has 1 amide bonds. The second kappa shape index (κ2) is 11.7. The second-order valence-electron chi connectivity index (χ2n) is 10.1. The zero-order valence-electron chi connectivity index (χ0n) is 23.3. The van der Waals surface area contributed by atoms with Crippen LogP contribution < -0.4 is 15.6 Å². The highest BCUT2D eigenvalue weighted by atomic mass is 19.1. The van der Waals surface area contributed by atoms with E-state index in [1.165, 1.54) is 47.4 Å². The molecule has 10 nitrogen and oxygen atoms in total. The monoisotopic (exact) mass is 575 g/mol. The summed E-state index contributed by atoms with van der Waals surface area (Å²) in [6, 6.07) is 23.3. The zero-order valence-corrected chi connectivity index (χ0v) is 23.3. The quantitative estimate of drug-likeness (QED) is 0.249. The van der Waals surface area contributed by atoms with E-state index < -0.39 is 17.3 Å². The average molecular weight is 576 g/mol. The van der Waals surface area contributed by atoms with Gasteiger partial charge in [-0.15, -0.1) is 0 Å². The molecule has 3 heterocycles. The molecule has 6 aromatic rings. The average Bonchev–Trinajstić information content (AvgIpc) is 3.44. The lowest BCUT2D eigenvalue weighted by Gasteiger charge is -2.11. The lowest BCUT2D eigenvalue weighted by molar-refractivity contribution is 0.102. The lowest BCUT2D eigenvalue weighted by atomic mass is 10.1. The molecule has 0 saturated heterocycles. The SMILES string of the molecule is CN(C)Cc1cccc(-c2n[nH]c3ncnc(Oc4ccc(NC(=O)c5cccn(-c6ccc(F)cc6)c5=O)cc4)c23)c1. The van der Waals surface area contributed by atoms with Crippen molar-refractivity contribution in [3.63, 3.8) is 0 Å². The third kappa shape index (κ3) is 5.88. The lowest BCUT2D eigenvalue weighted by Crippen LogP contribution is -2.27. The molecule has 0 aliphatic rings. The molecule has 2 N–H and O–H groups in total. The number of anilines is 1. The molecule has 0 saturated carbocycles. The number of benzene rings is 3. The van der Waals surface area contributed by atoms with E-state index in [1.54, 1.807) is 30.3 Å². The van der Waals surface area contributed by atoms with Crippen molar-refractivity contribution in [1.29, 1.82) is 0 Å². The van der Waals surface area contributed by atoms with Crippen LogP contribution in [0.25, 0.3) is 28.0 Å². The molecule has 0 atom stereocenters. The first-order valence-corrected chi connectivity index (χ1v) is 13.4. The molecule has 0 spiro atoms. The Labute approximate surface area is 245 Å². The van der Waals surface area contributed by atoms with E-state index in [2.05, 4.69) is 42.5 Å². The zero-order chi connectivity index (χ0) is 29.9. The number of nitrogens with zero attached hydrogens (tertiary/aromatic N) is 5. The van der Waals surface area contributed by atoms with Gasteiger partial charge in [0.15, 0.2) is 5.65 Å². The number of hydrogen-bond donors (Lipinski definition) is 2. The van der Waals surface area contributed by atoms with Gasteiger partial charge in [-0.25, -0.2) is 14.4 Å². The Balaban J connectivity index is 1.21. The first kappa shape index (κ1) is 27.5. The second-order valence-corrected chi connectivity index (χ2v) is 10.1. The van der Waals surface area contributed by atoms with E-state index in [0.29, 0.717) is 39.7 Å². The summed E-state index contributed by atoms with van der Waals surface area (Å²) in [5.41, 5.74) is 3.58. The van der Waals surface area contributed by atoms with Crippen molar-refractivity contribution >= 4 is 22.6 Å². The topological polar surface area (TPSA) is 118 Å². The van der Waals surface area contributed by atoms with E-state index in [-0.39, 0.29) is 5.56 Å². The van der Waals surface area contributed by atoms with Crippen molar-refractivity contribution in [3.8, 4) is 28.6 Å². The fraction of sp³-hybridized carbons (Fsp3) is 0.0938. The minimum Gasteiger partial charge on any atom is -0.438 e. The Morgan fingerprint density at radius 2 is 1.79 bits per heavy atom. The van der Waals surface area contributed by atoms with E-state index in [0.717, 1.165) is 17.7 Å². The Morgan fingerprint density at radius 3 is 2.56 bits per heavy atom. The third-order valence-corrected chi connectivity index (χ3v) is 6.65. The first-order valence-electron chi connectivity index (χ1n) is 13.4. The summed E-state index contributed by atoms with van der Waals surface area (Å²) in [5, 5.41) is 10.8. The summed E-state index contributed by atoms with van der Waals surface area (Å²) >= 11 is 0. The van der Waals surface area contributed by atoms with Crippen LogP contribution in [-0.4, -0.2) is 49.6 Å². The van der Waals surface area contributed by atoms with Crippen molar-refractivity contribution < 1.29 is 13.9 Å². The maximum atomic E-state index is 13.3. The molecule has 214 valence electrons. The van der Waals surface area contributed by atoms with Gasteiger partial charge in [-0.3, -0.25) is 19.3 Å². The van der Waals surface area contributed by atoms with Gasteiger partial charge in [-0.05, 0) is 86.4 Å². The van der Waals surface area contributed by atoms with Gasteiger partial charge >= 0.3 is 0 Å². The minimum absolute atomic E-state index is 0.0577. The summed E-state index contributed by atoms with van der Waals surface area (Å²) in [5.74, 6) is -0.191. The smallest absolute Gasteiger partial charge is 0.267 e. The molecule has 0 aliphatic heterocycles. The number of aromatic nitrogens is 5. The predicted molar refractivity (Wildman–Crippen MR) is 161 cm³/mol. The van der Waals surface area contributed by atoms with Gasteiger partial charge in [0.05, 0.1) is 0 Å². The van der Waals surface area contributed by atoms with Crippen LogP contribution in [0.4, 0.5) is 10.1 Å². The Hall–Kier alpha value is -5.68. The number of H-pyrrole nitrogens is 1. The van der Waals surface area contributed by atoms with Gasteiger partial charge in [0, 0.05) is 29.7 Å². The summed E-state index contributed by atoms with van der Waals surface area (Å²) < 4.78 is 20.7. The Kier molecular flexibility index (Phi) is 7.46. The van der Waals surface area contributed by atoms with Gasteiger partial charge in [0.25, 0.3) is 11.5 Å². The van der Waals surface area contributed by atoms with Crippen LogP contribution in [0.3, 0.4) is 0 Å². The number of ether oxygens (including phenoxy) is 1. The molecular formula is C32H26FN7O3. The van der Waals surface area contributed by atoms with Crippen LogP contribution in [0.2, 0.25) is 0 Å². The van der Waals surface area contributed by atoms with Crippen LogP contribution in [0.1, 0.15) is 15.9 Å². The highest BCUT2D eigenvalue weighted by molar-refractivity contribution is 6.04. The maximum Gasteiger partial charge on any atom is 0.267 e. The number of aromatic amines is 1. The molecule has 3 aromatic carbocycles. The molecule has 0 fully saturated rings. The number of fused-ring (bicyclic) bond motifs is 1. The normalized spacial score (nSPS) is 11.2. The molecule has 0 bridgehead atoms. The first-order chi connectivity index (χ1) is 20.9. The van der Waals surface area contributed by atoms with Gasteiger partial charge in [0.1, 0.15) is 34.5 Å². The number of halogens is 1. The van der Waals surface area contributed by atoms with Crippen molar-refractivity contribution in [2.75, 3.05) is 19.4 Å². The molecule has 0 aliphatic carbocycles. The largest absolute Gasteiger partial charge is 0.438 e. The van der Waals surface area contributed by atoms with Gasteiger partial charge < -0.3 is 15.0 Å². The molecule has 11 heteroatoms. The molecule has 0 radical (unpaired) electrons. The number of carbonyl (C=O) groups is 1. The van der Waals surface area contributed by atoms with E-state index in [4.69, 9.17) is 4.74 Å². The van der Waals surface area contributed by atoms with Crippen molar-refractivity contribution in [2.24, 2.45) is 0 Å². The van der Waals surface area contributed by atoms with Gasteiger partial charge in [-0.2, -0.15) is 5.10 Å². The third-order valence-electron chi connectivity index (χ3n) is 6.65. The molecule has 3 aromatic heterocycles. The van der Waals surface area contributed by atoms with Crippen LogP contribution in [-0.2, 0) is 6.54 Å². The molecule has 6 rings (SSSR count). The van der Waals surface area contributed by atoms with Gasteiger partial charge in [0.2, 0.25) is 5.88 Å². The number of rotatable bonds is 8. The van der Waals surface area contributed by atoms with Gasteiger partial charge in [-0.1, -0.05) is 18.2 Å². The molecule has 43 heavy (non-hydrogen) atoms. The number of amides is 1. The standard InChI is InChI=1S/C32H26FN7O3/c1-39(2)18-20-5-3-6-21(17-20)28-27-29(38-37-28)34-19-35-31(27)43-25-14-10-23(11-15-25)36-30(41)26-7-4-16-40(32(26)42)24-12-8-22(33)9-13-24/h3-17,19H,18H2,1-2H3,(H,36,41)(H,34,35,37,38). The van der Waals surface area contributed by atoms with Crippen LogP contribution in [0.5, 0.6) is 11.6 Å². The number of carbonyl (C=O) groups excluding carboxylic acids is 1. The summed E-state index contributed by atoms with van der Waals surface area (Å²) in [7, 11) is 4.03. The fourth-order valence-electron chi connectivity index (χ4n) is 4.69. The van der Waals surface area contributed by atoms with E-state index in [9.17, 15) is 14.0 Å². The fourth-order valence-corrected chi connectivity index (χ4v) is 4.69. The highest BCUT2D eigenvalue weighted by Gasteiger charge is 2.18. The predicted octanol–water partition coefficient (Wildman–Crippen LogP) is 5.42. The van der Waals surface area contributed by atoms with Crippen LogP contribution >= 0.6 is 0 Å². The van der Waals surface area contributed by atoms with Crippen molar-refractivity contribution in [3.05, 3.63) is 125 Å².